The molecule has 0 bridgehead atoms. The van der Waals surface area contributed by atoms with Gasteiger partial charge < -0.3 is 15.4 Å². The minimum absolute atomic E-state index is 0. The van der Waals surface area contributed by atoms with Crippen molar-refractivity contribution in [3.63, 3.8) is 0 Å². The van der Waals surface area contributed by atoms with Crippen molar-refractivity contribution in [2.24, 2.45) is 4.99 Å². The van der Waals surface area contributed by atoms with Crippen LogP contribution in [0.3, 0.4) is 0 Å². The molecule has 0 radical (unpaired) electrons. The van der Waals surface area contributed by atoms with Crippen molar-refractivity contribution in [2.45, 2.75) is 26.5 Å². The highest BCUT2D eigenvalue weighted by atomic mass is 127. The lowest BCUT2D eigenvalue weighted by Gasteiger charge is -2.11. The van der Waals surface area contributed by atoms with E-state index in [1.165, 1.54) is 11.1 Å². The van der Waals surface area contributed by atoms with Crippen LogP contribution in [0.2, 0.25) is 0 Å². The maximum atomic E-state index is 5.08. The Hall–Kier alpha value is -0.820. The number of nitrogens with zero attached hydrogens (tertiary/aromatic N) is 1. The summed E-state index contributed by atoms with van der Waals surface area (Å²) in [5, 5.41) is 6.52. The highest BCUT2D eigenvalue weighted by molar-refractivity contribution is 14.0. The Morgan fingerprint density at radius 2 is 1.79 bits per heavy atom. The highest BCUT2D eigenvalue weighted by Crippen LogP contribution is 2.05. The SMILES string of the molecule is CCCNC(=NC)NCc1ccc(COC)cc1.I. The summed E-state index contributed by atoms with van der Waals surface area (Å²) >= 11 is 0. The second kappa shape index (κ2) is 11.0. The summed E-state index contributed by atoms with van der Waals surface area (Å²) in [7, 11) is 3.49. The maximum absolute atomic E-state index is 5.08. The van der Waals surface area contributed by atoms with Gasteiger partial charge in [-0.1, -0.05) is 31.2 Å². The van der Waals surface area contributed by atoms with Crippen LogP contribution in [0.15, 0.2) is 29.3 Å². The third-order valence-corrected chi connectivity index (χ3v) is 2.56. The summed E-state index contributed by atoms with van der Waals surface area (Å²) in [4.78, 5) is 4.16. The van der Waals surface area contributed by atoms with E-state index in [2.05, 4.69) is 46.8 Å². The lowest BCUT2D eigenvalue weighted by molar-refractivity contribution is 0.185. The second-order valence-electron chi connectivity index (χ2n) is 4.10. The van der Waals surface area contributed by atoms with E-state index in [1.807, 2.05) is 0 Å². The molecule has 0 aliphatic heterocycles. The van der Waals surface area contributed by atoms with Crippen LogP contribution in [0.25, 0.3) is 0 Å². The molecule has 0 saturated heterocycles. The van der Waals surface area contributed by atoms with E-state index in [0.717, 1.165) is 25.5 Å². The zero-order chi connectivity index (χ0) is 13.2. The van der Waals surface area contributed by atoms with E-state index >= 15 is 0 Å². The van der Waals surface area contributed by atoms with E-state index < -0.39 is 0 Å². The molecule has 19 heavy (non-hydrogen) atoms. The summed E-state index contributed by atoms with van der Waals surface area (Å²) < 4.78 is 5.08. The molecule has 0 unspecified atom stereocenters. The van der Waals surface area contributed by atoms with Gasteiger partial charge in [0.1, 0.15) is 0 Å². The molecule has 2 N–H and O–H groups in total. The van der Waals surface area contributed by atoms with Crippen molar-refractivity contribution in [3.05, 3.63) is 35.4 Å². The van der Waals surface area contributed by atoms with E-state index in [1.54, 1.807) is 14.2 Å². The normalized spacial score (nSPS) is 10.8. The molecule has 0 atom stereocenters. The van der Waals surface area contributed by atoms with Crippen molar-refractivity contribution in [1.82, 2.24) is 10.6 Å². The van der Waals surface area contributed by atoms with Gasteiger partial charge in [0, 0.05) is 27.2 Å². The quantitative estimate of drug-likeness (QED) is 0.455. The van der Waals surface area contributed by atoms with E-state index in [0.29, 0.717) is 6.61 Å². The molecule has 5 heteroatoms. The summed E-state index contributed by atoms with van der Waals surface area (Å²) in [5.41, 5.74) is 2.42. The first-order valence-electron chi connectivity index (χ1n) is 6.31. The Kier molecular flexibility index (Phi) is 10.6. The number of halogens is 1. The molecule has 4 nitrogen and oxygen atoms in total. The Morgan fingerprint density at radius 1 is 1.16 bits per heavy atom. The second-order valence-corrected chi connectivity index (χ2v) is 4.10. The van der Waals surface area contributed by atoms with Crippen molar-refractivity contribution in [2.75, 3.05) is 20.7 Å². The minimum Gasteiger partial charge on any atom is -0.380 e. The van der Waals surface area contributed by atoms with Crippen LogP contribution in [0, 0.1) is 0 Å². The van der Waals surface area contributed by atoms with Crippen LogP contribution >= 0.6 is 24.0 Å². The van der Waals surface area contributed by atoms with Crippen LogP contribution in [0.5, 0.6) is 0 Å². The van der Waals surface area contributed by atoms with Gasteiger partial charge in [-0.3, -0.25) is 4.99 Å². The first-order chi connectivity index (χ1) is 8.80. The lowest BCUT2D eigenvalue weighted by atomic mass is 10.1. The fourth-order valence-corrected chi connectivity index (χ4v) is 1.57. The van der Waals surface area contributed by atoms with Crippen molar-refractivity contribution in [1.29, 1.82) is 0 Å². The Morgan fingerprint density at radius 3 is 2.32 bits per heavy atom. The Balaban J connectivity index is 0.00000324. The largest absolute Gasteiger partial charge is 0.380 e. The molecule has 0 saturated carbocycles. The number of methoxy groups -OCH3 is 1. The molecular weight excluding hydrogens is 353 g/mol. The van der Waals surface area contributed by atoms with Gasteiger partial charge in [-0.15, -0.1) is 24.0 Å². The summed E-state index contributed by atoms with van der Waals surface area (Å²) in [6.45, 7) is 4.51. The molecule has 0 aromatic heterocycles. The first-order valence-corrected chi connectivity index (χ1v) is 6.31. The predicted molar refractivity (Wildman–Crippen MR) is 91.1 cm³/mol. The molecule has 108 valence electrons. The Labute approximate surface area is 133 Å². The number of hydrogen-bond acceptors (Lipinski definition) is 2. The summed E-state index contributed by atoms with van der Waals surface area (Å²) in [5.74, 6) is 0.845. The molecule has 0 aliphatic rings. The van der Waals surface area contributed by atoms with E-state index in [4.69, 9.17) is 4.74 Å². The van der Waals surface area contributed by atoms with E-state index in [9.17, 15) is 0 Å². The van der Waals surface area contributed by atoms with Crippen LogP contribution in [-0.4, -0.2) is 26.7 Å². The molecule has 1 aromatic rings. The first kappa shape index (κ1) is 18.2. The predicted octanol–water partition coefficient (Wildman–Crippen LogP) is 2.53. The number of guanidine groups is 1. The summed E-state index contributed by atoms with van der Waals surface area (Å²) in [6.07, 6.45) is 1.09. The lowest BCUT2D eigenvalue weighted by Crippen LogP contribution is -2.37. The third-order valence-electron chi connectivity index (χ3n) is 2.56. The van der Waals surface area contributed by atoms with Gasteiger partial charge >= 0.3 is 0 Å². The van der Waals surface area contributed by atoms with Gasteiger partial charge in [0.15, 0.2) is 5.96 Å². The molecule has 1 rings (SSSR count). The monoisotopic (exact) mass is 377 g/mol. The van der Waals surface area contributed by atoms with Gasteiger partial charge in [0.25, 0.3) is 0 Å². The van der Waals surface area contributed by atoms with E-state index in [-0.39, 0.29) is 24.0 Å². The zero-order valence-corrected chi connectivity index (χ0v) is 14.2. The van der Waals surface area contributed by atoms with Gasteiger partial charge in [0.2, 0.25) is 0 Å². The number of benzene rings is 1. The molecule has 0 aliphatic carbocycles. The number of rotatable bonds is 6. The van der Waals surface area contributed by atoms with Crippen molar-refractivity contribution in [3.8, 4) is 0 Å². The van der Waals surface area contributed by atoms with Crippen molar-refractivity contribution >= 4 is 29.9 Å². The number of nitrogens with one attached hydrogen (secondary N) is 2. The topological polar surface area (TPSA) is 45.7 Å². The fraction of sp³-hybridized carbons (Fsp3) is 0.500. The molecule has 0 spiro atoms. The van der Waals surface area contributed by atoms with Gasteiger partial charge in [-0.25, -0.2) is 0 Å². The van der Waals surface area contributed by atoms with Gasteiger partial charge in [0.05, 0.1) is 6.61 Å². The van der Waals surface area contributed by atoms with Gasteiger partial charge in [-0.2, -0.15) is 0 Å². The van der Waals surface area contributed by atoms with Crippen molar-refractivity contribution < 1.29 is 4.74 Å². The third kappa shape index (κ3) is 7.37. The van der Waals surface area contributed by atoms with Crippen LogP contribution < -0.4 is 10.6 Å². The maximum Gasteiger partial charge on any atom is 0.191 e. The molecule has 0 heterocycles. The number of ether oxygens (including phenoxy) is 1. The average molecular weight is 377 g/mol. The minimum atomic E-state index is 0. The number of hydrogen-bond donors (Lipinski definition) is 2. The standard InChI is InChI=1S/C14H23N3O.HI/c1-4-9-16-14(15-2)17-10-12-5-7-13(8-6-12)11-18-3;/h5-8H,4,9-11H2,1-3H3,(H2,15,16,17);1H. The molecule has 0 amide bonds. The van der Waals surface area contributed by atoms with Crippen LogP contribution in [0.1, 0.15) is 24.5 Å². The van der Waals surface area contributed by atoms with Gasteiger partial charge in [-0.05, 0) is 17.5 Å². The summed E-state index contributed by atoms with van der Waals surface area (Å²) in [6, 6.07) is 8.38. The van der Waals surface area contributed by atoms with Crippen LogP contribution in [0.4, 0.5) is 0 Å². The average Bonchev–Trinajstić information content (AvgIpc) is 2.41. The Bertz CT molecular complexity index is 365. The van der Waals surface area contributed by atoms with Crippen LogP contribution in [-0.2, 0) is 17.9 Å². The zero-order valence-electron chi connectivity index (χ0n) is 11.9. The number of aliphatic imine (C=N–C) groups is 1. The molecule has 0 fully saturated rings. The fourth-order valence-electron chi connectivity index (χ4n) is 1.57. The molecular formula is C14H24IN3O. The molecule has 1 aromatic carbocycles. The smallest absolute Gasteiger partial charge is 0.191 e. The highest BCUT2D eigenvalue weighted by Gasteiger charge is 1.98.